The normalized spacial score (nSPS) is 10.7. The van der Waals surface area contributed by atoms with E-state index < -0.39 is 0 Å². The first kappa shape index (κ1) is 14.8. The zero-order chi connectivity index (χ0) is 13.4. The molecule has 1 N–H and O–H groups in total. The third-order valence-electron chi connectivity index (χ3n) is 2.56. The number of unbranched alkanes of at least 4 members (excludes halogenated alkanes) is 1. The zero-order valence-corrected chi connectivity index (χ0v) is 11.8. The molecule has 0 bridgehead atoms. The van der Waals surface area contributed by atoms with Crippen molar-refractivity contribution in [1.29, 1.82) is 0 Å². The Morgan fingerprint density at radius 3 is 2.78 bits per heavy atom. The fourth-order valence-corrected chi connectivity index (χ4v) is 1.62. The molecule has 102 valence electrons. The first-order valence-corrected chi connectivity index (χ1v) is 6.49. The minimum Gasteiger partial charge on any atom is -0.493 e. The maximum atomic E-state index is 5.50. The Balaban J connectivity index is 2.28. The van der Waals surface area contributed by atoms with Gasteiger partial charge in [-0.1, -0.05) is 0 Å². The molecule has 0 radical (unpaired) electrons. The van der Waals surface area contributed by atoms with E-state index in [1.165, 1.54) is 0 Å². The van der Waals surface area contributed by atoms with E-state index in [4.69, 9.17) is 9.47 Å². The highest BCUT2D eigenvalue weighted by Gasteiger charge is 2.03. The summed E-state index contributed by atoms with van der Waals surface area (Å²) in [5, 5.41) is 3.37. The Labute approximate surface area is 110 Å². The highest BCUT2D eigenvalue weighted by molar-refractivity contribution is 5.55. The van der Waals surface area contributed by atoms with Crippen LogP contribution in [0.15, 0.2) is 12.3 Å². The minimum absolute atomic E-state index is 0.320. The lowest BCUT2D eigenvalue weighted by atomic mass is 10.3. The summed E-state index contributed by atoms with van der Waals surface area (Å²) in [7, 11) is 1.66. The van der Waals surface area contributed by atoms with Gasteiger partial charge in [-0.3, -0.25) is 4.98 Å². The highest BCUT2D eigenvalue weighted by atomic mass is 16.5. The molecule has 0 aliphatic carbocycles. The smallest absolute Gasteiger partial charge is 0.160 e. The average Bonchev–Trinajstić information content (AvgIpc) is 2.33. The number of nitrogens with one attached hydrogen (secondary N) is 1. The van der Waals surface area contributed by atoms with Crippen LogP contribution < -0.4 is 10.1 Å². The summed E-state index contributed by atoms with van der Waals surface area (Å²) in [6, 6.07) is 2.00. The quantitative estimate of drug-likeness (QED) is 0.722. The molecule has 1 aromatic rings. The van der Waals surface area contributed by atoms with Crippen LogP contribution in [-0.4, -0.2) is 31.3 Å². The SMILES string of the molecule is COc1cnc(C)cc1NCCCCOC(C)C. The number of aryl methyl sites for hydroxylation is 1. The van der Waals surface area contributed by atoms with Gasteiger partial charge in [0.25, 0.3) is 0 Å². The van der Waals surface area contributed by atoms with E-state index in [2.05, 4.69) is 24.1 Å². The van der Waals surface area contributed by atoms with Crippen LogP contribution in [0.25, 0.3) is 0 Å². The van der Waals surface area contributed by atoms with Crippen LogP contribution in [0.2, 0.25) is 0 Å². The molecule has 0 unspecified atom stereocenters. The van der Waals surface area contributed by atoms with Crippen LogP contribution in [0.3, 0.4) is 0 Å². The van der Waals surface area contributed by atoms with Gasteiger partial charge in [0.15, 0.2) is 5.75 Å². The van der Waals surface area contributed by atoms with Crippen molar-refractivity contribution < 1.29 is 9.47 Å². The fraction of sp³-hybridized carbons (Fsp3) is 0.643. The lowest BCUT2D eigenvalue weighted by molar-refractivity contribution is 0.0765. The van der Waals surface area contributed by atoms with Gasteiger partial charge in [-0.25, -0.2) is 0 Å². The highest BCUT2D eigenvalue weighted by Crippen LogP contribution is 2.23. The predicted octanol–water partition coefficient (Wildman–Crippen LogP) is 3.02. The molecular weight excluding hydrogens is 228 g/mol. The maximum absolute atomic E-state index is 5.50. The number of rotatable bonds is 8. The van der Waals surface area contributed by atoms with Crippen LogP contribution >= 0.6 is 0 Å². The molecule has 0 amide bonds. The molecule has 4 nitrogen and oxygen atoms in total. The van der Waals surface area contributed by atoms with Crippen molar-refractivity contribution in [2.75, 3.05) is 25.6 Å². The van der Waals surface area contributed by atoms with Gasteiger partial charge in [0.05, 0.1) is 25.1 Å². The van der Waals surface area contributed by atoms with E-state index in [1.807, 2.05) is 13.0 Å². The van der Waals surface area contributed by atoms with Crippen LogP contribution in [0, 0.1) is 6.92 Å². The Morgan fingerprint density at radius 1 is 1.33 bits per heavy atom. The third-order valence-corrected chi connectivity index (χ3v) is 2.56. The van der Waals surface area contributed by atoms with E-state index >= 15 is 0 Å². The van der Waals surface area contributed by atoms with Crippen LogP contribution in [0.1, 0.15) is 32.4 Å². The molecule has 0 aliphatic rings. The van der Waals surface area contributed by atoms with E-state index in [1.54, 1.807) is 13.3 Å². The molecule has 0 saturated heterocycles. The molecule has 18 heavy (non-hydrogen) atoms. The van der Waals surface area contributed by atoms with Crippen LogP contribution in [0.5, 0.6) is 5.75 Å². The van der Waals surface area contributed by atoms with E-state index in [0.29, 0.717) is 6.10 Å². The molecular formula is C14H24N2O2. The van der Waals surface area contributed by atoms with Gasteiger partial charge in [0.2, 0.25) is 0 Å². The predicted molar refractivity (Wildman–Crippen MR) is 74.3 cm³/mol. The monoisotopic (exact) mass is 252 g/mol. The van der Waals surface area contributed by atoms with Crippen molar-refractivity contribution in [3.8, 4) is 5.75 Å². The summed E-state index contributed by atoms with van der Waals surface area (Å²) in [6.45, 7) is 7.83. The molecule has 1 aromatic heterocycles. The Bertz CT molecular complexity index is 354. The van der Waals surface area contributed by atoms with Crippen LogP contribution in [-0.2, 0) is 4.74 Å². The molecule has 0 saturated carbocycles. The number of ether oxygens (including phenoxy) is 2. The van der Waals surface area contributed by atoms with Crippen molar-refractivity contribution in [1.82, 2.24) is 4.98 Å². The van der Waals surface area contributed by atoms with Crippen molar-refractivity contribution in [2.24, 2.45) is 0 Å². The topological polar surface area (TPSA) is 43.4 Å². The van der Waals surface area contributed by atoms with Crippen molar-refractivity contribution in [2.45, 2.75) is 39.7 Å². The van der Waals surface area contributed by atoms with Gasteiger partial charge in [-0.05, 0) is 39.7 Å². The summed E-state index contributed by atoms with van der Waals surface area (Å²) < 4.78 is 10.8. The summed E-state index contributed by atoms with van der Waals surface area (Å²) >= 11 is 0. The Kier molecular flexibility index (Phi) is 6.50. The van der Waals surface area contributed by atoms with Gasteiger partial charge in [-0.15, -0.1) is 0 Å². The van der Waals surface area contributed by atoms with Crippen molar-refractivity contribution in [3.63, 3.8) is 0 Å². The molecule has 0 aliphatic heterocycles. The molecule has 1 rings (SSSR count). The number of methoxy groups -OCH3 is 1. The van der Waals surface area contributed by atoms with E-state index in [-0.39, 0.29) is 0 Å². The molecule has 0 aromatic carbocycles. The summed E-state index contributed by atoms with van der Waals surface area (Å²) in [5.74, 6) is 0.791. The second-order valence-electron chi connectivity index (χ2n) is 4.58. The molecule has 4 heteroatoms. The second-order valence-corrected chi connectivity index (χ2v) is 4.58. The summed E-state index contributed by atoms with van der Waals surface area (Å²) in [5.41, 5.74) is 2.00. The number of hydrogen-bond acceptors (Lipinski definition) is 4. The van der Waals surface area contributed by atoms with E-state index in [0.717, 1.165) is 43.1 Å². The molecule has 0 fully saturated rings. The summed E-state index contributed by atoms with van der Waals surface area (Å²) in [4.78, 5) is 4.20. The van der Waals surface area contributed by atoms with Gasteiger partial charge >= 0.3 is 0 Å². The second kappa shape index (κ2) is 7.93. The maximum Gasteiger partial charge on any atom is 0.160 e. The number of hydrogen-bond donors (Lipinski definition) is 1. The van der Waals surface area contributed by atoms with Crippen molar-refractivity contribution in [3.05, 3.63) is 18.0 Å². The van der Waals surface area contributed by atoms with Crippen LogP contribution in [0.4, 0.5) is 5.69 Å². The largest absolute Gasteiger partial charge is 0.493 e. The van der Waals surface area contributed by atoms with Gasteiger partial charge in [-0.2, -0.15) is 0 Å². The first-order valence-electron chi connectivity index (χ1n) is 6.49. The van der Waals surface area contributed by atoms with Gasteiger partial charge < -0.3 is 14.8 Å². The lowest BCUT2D eigenvalue weighted by Crippen LogP contribution is -2.07. The molecule has 0 spiro atoms. The number of pyridine rings is 1. The number of aromatic nitrogens is 1. The van der Waals surface area contributed by atoms with Gasteiger partial charge in [0.1, 0.15) is 0 Å². The standard InChI is InChI=1S/C14H24N2O2/c1-11(2)18-8-6-5-7-15-13-9-12(3)16-10-14(13)17-4/h9-11H,5-8H2,1-4H3,(H,15,16). The average molecular weight is 252 g/mol. The van der Waals surface area contributed by atoms with Gasteiger partial charge in [0, 0.05) is 18.8 Å². The fourth-order valence-electron chi connectivity index (χ4n) is 1.62. The van der Waals surface area contributed by atoms with E-state index in [9.17, 15) is 0 Å². The number of anilines is 1. The minimum atomic E-state index is 0.320. The third kappa shape index (κ3) is 5.36. The van der Waals surface area contributed by atoms with Crippen molar-refractivity contribution >= 4 is 5.69 Å². The molecule has 0 atom stereocenters. The number of nitrogens with zero attached hydrogens (tertiary/aromatic N) is 1. The Morgan fingerprint density at radius 2 is 2.11 bits per heavy atom. The molecule has 1 heterocycles. The summed E-state index contributed by atoms with van der Waals surface area (Å²) in [6.07, 6.45) is 4.22. The zero-order valence-electron chi connectivity index (χ0n) is 11.8. The lowest BCUT2D eigenvalue weighted by Gasteiger charge is -2.12. The first-order chi connectivity index (χ1) is 8.63. The Hall–Kier alpha value is -1.29.